The highest BCUT2D eigenvalue weighted by Gasteiger charge is 1.95. The lowest BCUT2D eigenvalue weighted by molar-refractivity contribution is 0.622. The van der Waals surface area contributed by atoms with E-state index in [1.807, 2.05) is 0 Å². The molecule has 3 nitrogen and oxygen atoms in total. The number of nitrogens with one attached hydrogen (secondary N) is 1. The molecule has 0 heterocycles. The Labute approximate surface area is 121 Å². The van der Waals surface area contributed by atoms with Crippen LogP contribution in [0, 0.1) is 12.8 Å². The van der Waals surface area contributed by atoms with Gasteiger partial charge in [0.1, 0.15) is 0 Å². The van der Waals surface area contributed by atoms with Gasteiger partial charge in [0, 0.05) is 6.54 Å². The van der Waals surface area contributed by atoms with Crippen molar-refractivity contribution in [1.82, 2.24) is 5.32 Å². The zero-order valence-electron chi connectivity index (χ0n) is 10.7. The van der Waals surface area contributed by atoms with Crippen molar-refractivity contribution in [1.29, 1.82) is 0 Å². The number of benzene rings is 1. The molecule has 0 aliphatic heterocycles. The lowest BCUT2D eigenvalue weighted by Crippen LogP contribution is -2.34. The van der Waals surface area contributed by atoms with Crippen LogP contribution in [0.5, 0.6) is 0 Å². The summed E-state index contributed by atoms with van der Waals surface area (Å²) in [4.78, 5) is 4.28. The molecule has 0 bridgehead atoms. The van der Waals surface area contributed by atoms with Gasteiger partial charge in [0.05, 0.1) is 6.54 Å². The quantitative estimate of drug-likeness (QED) is 0.500. The minimum absolute atomic E-state index is 0. The maximum Gasteiger partial charge on any atom is 0.188 e. The summed E-state index contributed by atoms with van der Waals surface area (Å²) in [6, 6.07) is 8.33. The van der Waals surface area contributed by atoms with Crippen molar-refractivity contribution in [2.75, 3.05) is 6.54 Å². The first-order valence-electron chi connectivity index (χ1n) is 5.67. The molecule has 17 heavy (non-hydrogen) atoms. The smallest absolute Gasteiger partial charge is 0.188 e. The number of hydrogen-bond donors (Lipinski definition) is 2. The summed E-state index contributed by atoms with van der Waals surface area (Å²) in [5, 5.41) is 3.09. The van der Waals surface area contributed by atoms with E-state index in [2.05, 4.69) is 55.3 Å². The number of halogens is 1. The fourth-order valence-electron chi connectivity index (χ4n) is 1.23. The molecule has 0 radical (unpaired) electrons. The van der Waals surface area contributed by atoms with E-state index in [4.69, 9.17) is 5.73 Å². The van der Waals surface area contributed by atoms with Gasteiger partial charge >= 0.3 is 0 Å². The van der Waals surface area contributed by atoms with Crippen molar-refractivity contribution in [2.24, 2.45) is 16.6 Å². The Morgan fingerprint density at radius 3 is 2.41 bits per heavy atom. The Hall–Kier alpha value is -0.780. The minimum Gasteiger partial charge on any atom is -0.370 e. The maximum atomic E-state index is 5.74. The molecule has 3 N–H and O–H groups in total. The molecule has 0 atom stereocenters. The molecule has 0 unspecified atom stereocenters. The Morgan fingerprint density at radius 2 is 1.88 bits per heavy atom. The molecular weight excluding hydrogens is 325 g/mol. The van der Waals surface area contributed by atoms with Gasteiger partial charge < -0.3 is 11.1 Å². The Bertz CT molecular complexity index is 344. The highest BCUT2D eigenvalue weighted by Crippen LogP contribution is 2.03. The summed E-state index contributed by atoms with van der Waals surface area (Å²) in [5.41, 5.74) is 8.18. The molecule has 0 aromatic heterocycles. The summed E-state index contributed by atoms with van der Waals surface area (Å²) in [7, 11) is 0. The monoisotopic (exact) mass is 347 g/mol. The van der Waals surface area contributed by atoms with E-state index in [-0.39, 0.29) is 24.0 Å². The topological polar surface area (TPSA) is 50.4 Å². The van der Waals surface area contributed by atoms with Crippen LogP contribution in [-0.4, -0.2) is 12.5 Å². The van der Waals surface area contributed by atoms with E-state index in [0.717, 1.165) is 6.54 Å². The maximum absolute atomic E-state index is 5.74. The molecule has 0 amide bonds. The van der Waals surface area contributed by atoms with Gasteiger partial charge in [-0.2, -0.15) is 0 Å². The van der Waals surface area contributed by atoms with Gasteiger partial charge in [-0.05, 0) is 18.4 Å². The van der Waals surface area contributed by atoms with Crippen LogP contribution in [0.4, 0.5) is 0 Å². The summed E-state index contributed by atoms with van der Waals surface area (Å²) < 4.78 is 0. The number of hydrogen-bond acceptors (Lipinski definition) is 1. The predicted octanol–water partition coefficient (Wildman–Crippen LogP) is 2.67. The molecule has 0 spiro atoms. The van der Waals surface area contributed by atoms with Gasteiger partial charge in [-0.15, -0.1) is 24.0 Å². The first-order valence-corrected chi connectivity index (χ1v) is 5.67. The van der Waals surface area contributed by atoms with Gasteiger partial charge in [-0.25, -0.2) is 4.99 Å². The van der Waals surface area contributed by atoms with Crippen LogP contribution in [0.3, 0.4) is 0 Å². The van der Waals surface area contributed by atoms with Crippen molar-refractivity contribution in [2.45, 2.75) is 27.3 Å². The summed E-state index contributed by atoms with van der Waals surface area (Å²) in [6.07, 6.45) is 0. The van der Waals surface area contributed by atoms with Gasteiger partial charge in [0.2, 0.25) is 0 Å². The van der Waals surface area contributed by atoms with E-state index in [1.54, 1.807) is 0 Å². The molecule has 0 saturated carbocycles. The lowest BCUT2D eigenvalue weighted by atomic mass is 10.1. The van der Waals surface area contributed by atoms with E-state index >= 15 is 0 Å². The van der Waals surface area contributed by atoms with Crippen molar-refractivity contribution in [3.05, 3.63) is 35.4 Å². The zero-order valence-corrected chi connectivity index (χ0v) is 13.1. The first-order chi connectivity index (χ1) is 7.58. The SMILES string of the molecule is Cc1ccc(CN=C(N)NCC(C)C)cc1.I. The summed E-state index contributed by atoms with van der Waals surface area (Å²) in [6.45, 7) is 7.85. The molecule has 1 rings (SSSR count). The van der Waals surface area contributed by atoms with Crippen LogP contribution >= 0.6 is 24.0 Å². The average Bonchev–Trinajstić information content (AvgIpc) is 2.25. The molecule has 1 aromatic rings. The third-order valence-electron chi connectivity index (χ3n) is 2.24. The fourth-order valence-corrected chi connectivity index (χ4v) is 1.23. The van der Waals surface area contributed by atoms with Crippen LogP contribution in [0.25, 0.3) is 0 Å². The molecule has 4 heteroatoms. The number of nitrogens with zero attached hydrogens (tertiary/aromatic N) is 1. The summed E-state index contributed by atoms with van der Waals surface area (Å²) in [5.74, 6) is 1.10. The number of aryl methyl sites for hydroxylation is 1. The standard InChI is InChI=1S/C13H21N3.HI/c1-10(2)8-15-13(14)16-9-12-6-4-11(3)5-7-12;/h4-7,10H,8-9H2,1-3H3,(H3,14,15,16);1H. The van der Waals surface area contributed by atoms with Gasteiger partial charge in [-0.1, -0.05) is 43.7 Å². The normalized spacial score (nSPS) is 11.2. The van der Waals surface area contributed by atoms with Crippen molar-refractivity contribution in [3.63, 3.8) is 0 Å². The highest BCUT2D eigenvalue weighted by molar-refractivity contribution is 14.0. The van der Waals surface area contributed by atoms with Crippen molar-refractivity contribution < 1.29 is 0 Å². The zero-order chi connectivity index (χ0) is 12.0. The lowest BCUT2D eigenvalue weighted by Gasteiger charge is -2.07. The number of aliphatic imine (C=N–C) groups is 1. The van der Waals surface area contributed by atoms with Crippen LogP contribution in [-0.2, 0) is 6.54 Å². The number of nitrogens with two attached hydrogens (primary N) is 1. The second kappa shape index (κ2) is 8.33. The van der Waals surface area contributed by atoms with E-state index in [9.17, 15) is 0 Å². The van der Waals surface area contributed by atoms with Crippen LogP contribution in [0.15, 0.2) is 29.3 Å². The Kier molecular flexibility index (Phi) is 7.95. The van der Waals surface area contributed by atoms with Crippen LogP contribution < -0.4 is 11.1 Å². The summed E-state index contributed by atoms with van der Waals surface area (Å²) >= 11 is 0. The van der Waals surface area contributed by atoms with Gasteiger partial charge in [-0.3, -0.25) is 0 Å². The van der Waals surface area contributed by atoms with E-state index in [1.165, 1.54) is 11.1 Å². The molecule has 0 saturated heterocycles. The fraction of sp³-hybridized carbons (Fsp3) is 0.462. The van der Waals surface area contributed by atoms with Gasteiger partial charge in [0.25, 0.3) is 0 Å². The van der Waals surface area contributed by atoms with Crippen molar-refractivity contribution >= 4 is 29.9 Å². The second-order valence-corrected chi connectivity index (χ2v) is 4.46. The molecule has 0 fully saturated rings. The van der Waals surface area contributed by atoms with E-state index < -0.39 is 0 Å². The molecule has 1 aromatic carbocycles. The molecule has 0 aliphatic rings. The Morgan fingerprint density at radius 1 is 1.29 bits per heavy atom. The molecular formula is C13H22IN3. The number of guanidine groups is 1. The Balaban J connectivity index is 0.00000256. The minimum atomic E-state index is 0. The largest absolute Gasteiger partial charge is 0.370 e. The third kappa shape index (κ3) is 7.20. The predicted molar refractivity (Wildman–Crippen MR) is 84.8 cm³/mol. The van der Waals surface area contributed by atoms with Crippen LogP contribution in [0.1, 0.15) is 25.0 Å². The second-order valence-electron chi connectivity index (χ2n) is 4.46. The third-order valence-corrected chi connectivity index (χ3v) is 2.24. The highest BCUT2D eigenvalue weighted by atomic mass is 127. The molecule has 96 valence electrons. The first kappa shape index (κ1) is 16.2. The van der Waals surface area contributed by atoms with E-state index in [0.29, 0.717) is 18.4 Å². The average molecular weight is 347 g/mol. The number of rotatable bonds is 4. The van der Waals surface area contributed by atoms with Crippen molar-refractivity contribution in [3.8, 4) is 0 Å². The van der Waals surface area contributed by atoms with Gasteiger partial charge in [0.15, 0.2) is 5.96 Å². The van der Waals surface area contributed by atoms with Crippen LogP contribution in [0.2, 0.25) is 0 Å². The molecule has 0 aliphatic carbocycles.